The summed E-state index contributed by atoms with van der Waals surface area (Å²) in [5.41, 5.74) is 0.999. The van der Waals surface area contributed by atoms with E-state index in [0.717, 1.165) is 10.8 Å². The molecule has 0 saturated carbocycles. The monoisotopic (exact) mass is 393 g/mol. The van der Waals surface area contributed by atoms with Crippen molar-refractivity contribution in [2.45, 2.75) is 4.90 Å². The lowest BCUT2D eigenvalue weighted by atomic mass is 10.1. The molecule has 0 atom stereocenters. The van der Waals surface area contributed by atoms with Crippen LogP contribution < -0.4 is 10.0 Å². The maximum atomic E-state index is 12.5. The number of anilines is 2. The number of hydrogen-bond donors (Lipinski definition) is 3. The molecule has 3 aromatic carbocycles. The van der Waals surface area contributed by atoms with Gasteiger partial charge in [-0.2, -0.15) is 10.1 Å². The number of H-pyrrole nitrogens is 1. The number of sulfonamides is 1. The second-order valence-corrected chi connectivity index (χ2v) is 7.66. The molecular formula is C19H15N5O3S. The number of aromatic nitrogens is 3. The molecule has 28 heavy (non-hydrogen) atoms. The summed E-state index contributed by atoms with van der Waals surface area (Å²) in [5.74, 6) is -0.255. The SMILES string of the molecule is O=C(Nc1ccc(S(=O)(=O)Nc2ncn[nH]2)cc1)c1ccc2ccccc2c1. The second-order valence-electron chi connectivity index (χ2n) is 5.98. The van der Waals surface area contributed by atoms with E-state index in [2.05, 4.69) is 25.2 Å². The standard InChI is InChI=1S/C19H15N5O3S/c25-18(15-6-5-13-3-1-2-4-14(13)11-15)22-16-7-9-17(10-8-16)28(26,27)24-19-20-12-21-23-19/h1-12H,(H,22,25)(H2,20,21,23,24). The Hall–Kier alpha value is -3.72. The molecule has 0 spiro atoms. The Bertz CT molecular complexity index is 1240. The zero-order valence-corrected chi connectivity index (χ0v) is 15.3. The van der Waals surface area contributed by atoms with Crippen molar-refractivity contribution >= 4 is 38.3 Å². The molecule has 0 radical (unpaired) electrons. The Morgan fingerprint density at radius 2 is 1.68 bits per heavy atom. The molecule has 8 nitrogen and oxygen atoms in total. The third kappa shape index (κ3) is 3.69. The molecule has 0 unspecified atom stereocenters. The quantitative estimate of drug-likeness (QED) is 0.482. The van der Waals surface area contributed by atoms with Crippen LogP contribution in [0.25, 0.3) is 10.8 Å². The maximum absolute atomic E-state index is 12.5. The van der Waals surface area contributed by atoms with E-state index in [9.17, 15) is 13.2 Å². The minimum atomic E-state index is -3.80. The van der Waals surface area contributed by atoms with Crippen molar-refractivity contribution in [3.63, 3.8) is 0 Å². The minimum absolute atomic E-state index is 0.0219. The summed E-state index contributed by atoms with van der Waals surface area (Å²) in [7, 11) is -3.80. The third-order valence-corrected chi connectivity index (χ3v) is 5.44. The van der Waals surface area contributed by atoms with Crippen LogP contribution in [0.4, 0.5) is 11.6 Å². The van der Waals surface area contributed by atoms with E-state index in [-0.39, 0.29) is 16.8 Å². The highest BCUT2D eigenvalue weighted by molar-refractivity contribution is 7.92. The summed E-state index contributed by atoms with van der Waals surface area (Å²) < 4.78 is 26.9. The van der Waals surface area contributed by atoms with Crippen LogP contribution in [0.3, 0.4) is 0 Å². The molecule has 140 valence electrons. The van der Waals surface area contributed by atoms with Gasteiger partial charge in [-0.15, -0.1) is 0 Å². The maximum Gasteiger partial charge on any atom is 0.264 e. The zero-order chi connectivity index (χ0) is 19.6. The molecule has 0 saturated heterocycles. The lowest BCUT2D eigenvalue weighted by molar-refractivity contribution is 0.102. The number of fused-ring (bicyclic) bond motifs is 1. The van der Waals surface area contributed by atoms with Crippen LogP contribution in [-0.4, -0.2) is 29.5 Å². The molecule has 0 fully saturated rings. The zero-order valence-electron chi connectivity index (χ0n) is 14.5. The average molecular weight is 393 g/mol. The highest BCUT2D eigenvalue weighted by Gasteiger charge is 2.16. The van der Waals surface area contributed by atoms with Crippen LogP contribution in [0.5, 0.6) is 0 Å². The van der Waals surface area contributed by atoms with Crippen molar-refractivity contribution in [3.05, 3.63) is 78.6 Å². The van der Waals surface area contributed by atoms with Gasteiger partial charge in [0.05, 0.1) is 4.90 Å². The van der Waals surface area contributed by atoms with Crippen LogP contribution in [-0.2, 0) is 10.0 Å². The fourth-order valence-electron chi connectivity index (χ4n) is 2.69. The fourth-order valence-corrected chi connectivity index (χ4v) is 3.66. The Morgan fingerprint density at radius 1 is 0.929 bits per heavy atom. The van der Waals surface area contributed by atoms with Crippen LogP contribution >= 0.6 is 0 Å². The van der Waals surface area contributed by atoms with Gasteiger partial charge < -0.3 is 5.32 Å². The normalized spacial score (nSPS) is 11.3. The molecule has 9 heteroatoms. The fraction of sp³-hybridized carbons (Fsp3) is 0. The van der Waals surface area contributed by atoms with Gasteiger partial charge in [0.15, 0.2) is 0 Å². The molecule has 0 aliphatic heterocycles. The van der Waals surface area contributed by atoms with Gasteiger partial charge in [-0.25, -0.2) is 18.2 Å². The predicted molar refractivity (Wildman–Crippen MR) is 106 cm³/mol. The first kappa shape index (κ1) is 17.7. The number of hydrogen-bond acceptors (Lipinski definition) is 5. The minimum Gasteiger partial charge on any atom is -0.322 e. The molecule has 1 amide bonds. The van der Waals surface area contributed by atoms with Gasteiger partial charge in [0.2, 0.25) is 5.95 Å². The summed E-state index contributed by atoms with van der Waals surface area (Å²) in [6.07, 6.45) is 1.20. The lowest BCUT2D eigenvalue weighted by Gasteiger charge is -2.08. The van der Waals surface area contributed by atoms with E-state index in [0.29, 0.717) is 11.3 Å². The van der Waals surface area contributed by atoms with Crippen molar-refractivity contribution in [2.75, 3.05) is 10.0 Å². The summed E-state index contributed by atoms with van der Waals surface area (Å²) in [6.45, 7) is 0. The van der Waals surface area contributed by atoms with Gasteiger partial charge in [-0.05, 0) is 47.2 Å². The van der Waals surface area contributed by atoms with Crippen LogP contribution in [0.1, 0.15) is 10.4 Å². The summed E-state index contributed by atoms with van der Waals surface area (Å²) in [4.78, 5) is 16.3. The number of amides is 1. The van der Waals surface area contributed by atoms with Gasteiger partial charge in [-0.1, -0.05) is 30.3 Å². The number of benzene rings is 3. The smallest absolute Gasteiger partial charge is 0.264 e. The van der Waals surface area contributed by atoms with Gasteiger partial charge in [0.1, 0.15) is 6.33 Å². The van der Waals surface area contributed by atoms with Gasteiger partial charge in [-0.3, -0.25) is 4.79 Å². The van der Waals surface area contributed by atoms with Crippen LogP contribution in [0.2, 0.25) is 0 Å². The van der Waals surface area contributed by atoms with Crippen LogP contribution in [0, 0.1) is 0 Å². The Kier molecular flexibility index (Phi) is 4.50. The topological polar surface area (TPSA) is 117 Å². The van der Waals surface area contributed by atoms with E-state index in [1.165, 1.54) is 30.6 Å². The summed E-state index contributed by atoms with van der Waals surface area (Å²) in [5, 5.41) is 10.8. The Morgan fingerprint density at radius 3 is 2.39 bits per heavy atom. The van der Waals surface area contributed by atoms with Gasteiger partial charge in [0.25, 0.3) is 15.9 Å². The first-order valence-corrected chi connectivity index (χ1v) is 9.78. The van der Waals surface area contributed by atoms with Crippen molar-refractivity contribution in [3.8, 4) is 0 Å². The molecule has 0 bridgehead atoms. The molecule has 1 heterocycles. The lowest BCUT2D eigenvalue weighted by Crippen LogP contribution is -2.15. The molecule has 4 aromatic rings. The summed E-state index contributed by atoms with van der Waals surface area (Å²) in [6, 6.07) is 19.0. The Labute approximate surface area is 160 Å². The van der Waals surface area contributed by atoms with Crippen molar-refractivity contribution in [1.82, 2.24) is 15.2 Å². The van der Waals surface area contributed by atoms with Crippen molar-refractivity contribution in [1.29, 1.82) is 0 Å². The number of nitrogens with one attached hydrogen (secondary N) is 3. The van der Waals surface area contributed by atoms with E-state index in [1.807, 2.05) is 36.4 Å². The number of carbonyl (C=O) groups is 1. The summed E-state index contributed by atoms with van der Waals surface area (Å²) >= 11 is 0. The first-order chi connectivity index (χ1) is 13.5. The molecule has 0 aliphatic carbocycles. The second kappa shape index (κ2) is 7.12. The third-order valence-electron chi connectivity index (χ3n) is 4.08. The molecule has 3 N–H and O–H groups in total. The number of nitrogens with zero attached hydrogens (tertiary/aromatic N) is 2. The van der Waals surface area contributed by atoms with E-state index < -0.39 is 10.0 Å². The van der Waals surface area contributed by atoms with Crippen molar-refractivity contribution < 1.29 is 13.2 Å². The van der Waals surface area contributed by atoms with E-state index in [4.69, 9.17) is 0 Å². The molecule has 0 aliphatic rings. The first-order valence-electron chi connectivity index (χ1n) is 8.30. The number of aromatic amines is 1. The highest BCUT2D eigenvalue weighted by atomic mass is 32.2. The van der Waals surface area contributed by atoms with Gasteiger partial charge in [0, 0.05) is 11.3 Å². The molecule has 4 rings (SSSR count). The average Bonchev–Trinajstić information content (AvgIpc) is 3.20. The Balaban J connectivity index is 1.49. The molecule has 1 aromatic heterocycles. The van der Waals surface area contributed by atoms with Crippen molar-refractivity contribution in [2.24, 2.45) is 0 Å². The largest absolute Gasteiger partial charge is 0.322 e. The predicted octanol–water partition coefficient (Wildman–Crippen LogP) is 3.01. The van der Waals surface area contributed by atoms with E-state index in [1.54, 1.807) is 6.07 Å². The van der Waals surface area contributed by atoms with Crippen LogP contribution in [0.15, 0.2) is 78.0 Å². The van der Waals surface area contributed by atoms with E-state index >= 15 is 0 Å². The number of carbonyl (C=O) groups excluding carboxylic acids is 1. The molecular weight excluding hydrogens is 378 g/mol. The highest BCUT2D eigenvalue weighted by Crippen LogP contribution is 2.19. The van der Waals surface area contributed by atoms with Gasteiger partial charge >= 0.3 is 0 Å². The number of rotatable bonds is 5.